The number of alkyl halides is 1. The van der Waals surface area contributed by atoms with Gasteiger partial charge in [0.2, 0.25) is 0 Å². The summed E-state index contributed by atoms with van der Waals surface area (Å²) in [5, 5.41) is 8.59. The van der Waals surface area contributed by atoms with Crippen LogP contribution in [0.3, 0.4) is 0 Å². The van der Waals surface area contributed by atoms with E-state index in [2.05, 4.69) is 4.98 Å². The van der Waals surface area contributed by atoms with Gasteiger partial charge in [-0.2, -0.15) is 0 Å². The van der Waals surface area contributed by atoms with E-state index in [1.54, 1.807) is 18.2 Å². The molecule has 1 N–H and O–H groups in total. The van der Waals surface area contributed by atoms with Gasteiger partial charge in [0.25, 0.3) is 0 Å². The fraction of sp³-hybridized carbons (Fsp3) is 0.286. The van der Waals surface area contributed by atoms with Gasteiger partial charge in [-0.1, -0.05) is 17.7 Å². The Kier molecular flexibility index (Phi) is 3.12. The summed E-state index contributed by atoms with van der Waals surface area (Å²) in [4.78, 5) is 3.92. The van der Waals surface area contributed by atoms with Gasteiger partial charge in [-0.3, -0.25) is 0 Å². The molecule has 0 amide bonds. The van der Waals surface area contributed by atoms with Crippen LogP contribution in [-0.2, 0) is 0 Å². The molecule has 0 aromatic carbocycles. The van der Waals surface area contributed by atoms with Crippen LogP contribution in [0.15, 0.2) is 18.2 Å². The maximum absolute atomic E-state index is 8.66. The van der Waals surface area contributed by atoms with Crippen LogP contribution < -0.4 is 0 Å². The van der Waals surface area contributed by atoms with Crippen molar-refractivity contribution in [3.8, 4) is 0 Å². The summed E-state index contributed by atoms with van der Waals surface area (Å²) >= 11 is 11.3. The molecule has 0 aliphatic heterocycles. The number of rotatable bonds is 2. The first-order chi connectivity index (χ1) is 5.24. The van der Waals surface area contributed by atoms with Crippen LogP contribution in [0.1, 0.15) is 11.1 Å². The van der Waals surface area contributed by atoms with Gasteiger partial charge >= 0.3 is 0 Å². The Balaban J connectivity index is 2.86. The third-order valence-electron chi connectivity index (χ3n) is 1.22. The molecule has 0 fully saturated rings. The summed E-state index contributed by atoms with van der Waals surface area (Å²) < 4.78 is 0. The van der Waals surface area contributed by atoms with Crippen molar-refractivity contribution in [2.75, 3.05) is 6.61 Å². The SMILES string of the molecule is OCC(Cl)c1cccc(Cl)n1. The van der Waals surface area contributed by atoms with Gasteiger partial charge in [0.15, 0.2) is 0 Å². The smallest absolute Gasteiger partial charge is 0.129 e. The number of aliphatic hydroxyl groups is 1. The highest BCUT2D eigenvalue weighted by Gasteiger charge is 2.06. The molecule has 4 heteroatoms. The second kappa shape index (κ2) is 3.90. The van der Waals surface area contributed by atoms with Crippen LogP contribution in [0.2, 0.25) is 5.15 Å². The number of pyridine rings is 1. The Hall–Kier alpha value is -0.310. The van der Waals surface area contributed by atoms with Crippen molar-refractivity contribution in [3.63, 3.8) is 0 Å². The average molecular weight is 192 g/mol. The van der Waals surface area contributed by atoms with Crippen molar-refractivity contribution >= 4 is 23.2 Å². The zero-order chi connectivity index (χ0) is 8.27. The molecule has 0 radical (unpaired) electrons. The normalized spacial score (nSPS) is 13.0. The van der Waals surface area contributed by atoms with Crippen molar-refractivity contribution < 1.29 is 5.11 Å². The first-order valence-electron chi connectivity index (χ1n) is 3.11. The maximum atomic E-state index is 8.66. The van der Waals surface area contributed by atoms with Gasteiger partial charge in [0, 0.05) is 0 Å². The van der Waals surface area contributed by atoms with Crippen LogP contribution in [-0.4, -0.2) is 16.7 Å². The Labute approximate surface area is 74.8 Å². The van der Waals surface area contributed by atoms with Gasteiger partial charge in [0.1, 0.15) is 5.15 Å². The fourth-order valence-electron chi connectivity index (χ4n) is 0.692. The van der Waals surface area contributed by atoms with Crippen molar-refractivity contribution in [2.24, 2.45) is 0 Å². The first kappa shape index (κ1) is 8.78. The van der Waals surface area contributed by atoms with E-state index in [4.69, 9.17) is 28.3 Å². The molecule has 0 saturated carbocycles. The van der Waals surface area contributed by atoms with Crippen LogP contribution in [0.4, 0.5) is 0 Å². The monoisotopic (exact) mass is 191 g/mol. The lowest BCUT2D eigenvalue weighted by molar-refractivity contribution is 0.292. The minimum absolute atomic E-state index is 0.130. The number of aliphatic hydroxyl groups excluding tert-OH is 1. The van der Waals surface area contributed by atoms with E-state index in [1.807, 2.05) is 0 Å². The molecule has 1 unspecified atom stereocenters. The summed E-state index contributed by atoms with van der Waals surface area (Å²) in [6.45, 7) is -0.130. The lowest BCUT2D eigenvalue weighted by atomic mass is 10.3. The molecule has 1 rings (SSSR count). The highest BCUT2D eigenvalue weighted by molar-refractivity contribution is 6.29. The van der Waals surface area contributed by atoms with Crippen LogP contribution in [0.5, 0.6) is 0 Å². The summed E-state index contributed by atoms with van der Waals surface area (Å²) in [5.41, 5.74) is 0.599. The molecule has 0 saturated heterocycles. The zero-order valence-electron chi connectivity index (χ0n) is 5.67. The molecule has 60 valence electrons. The highest BCUT2D eigenvalue weighted by atomic mass is 35.5. The first-order valence-corrected chi connectivity index (χ1v) is 3.93. The third kappa shape index (κ3) is 2.33. The number of hydrogen-bond acceptors (Lipinski definition) is 2. The lowest BCUT2D eigenvalue weighted by Gasteiger charge is -2.03. The van der Waals surface area contributed by atoms with E-state index in [0.717, 1.165) is 0 Å². The van der Waals surface area contributed by atoms with Crippen molar-refractivity contribution in [1.29, 1.82) is 0 Å². The lowest BCUT2D eigenvalue weighted by Crippen LogP contribution is -1.98. The zero-order valence-corrected chi connectivity index (χ0v) is 7.18. The molecule has 0 aliphatic carbocycles. The van der Waals surface area contributed by atoms with Crippen molar-refractivity contribution in [1.82, 2.24) is 4.98 Å². The van der Waals surface area contributed by atoms with E-state index < -0.39 is 5.38 Å². The number of nitrogens with zero attached hydrogens (tertiary/aromatic N) is 1. The summed E-state index contributed by atoms with van der Waals surface area (Å²) in [6.07, 6.45) is 0. The molecular formula is C7H7Cl2NO. The Morgan fingerprint density at radius 2 is 2.27 bits per heavy atom. The van der Waals surface area contributed by atoms with Gasteiger partial charge in [0.05, 0.1) is 17.7 Å². The van der Waals surface area contributed by atoms with Gasteiger partial charge in [-0.25, -0.2) is 4.98 Å². The van der Waals surface area contributed by atoms with Crippen LogP contribution >= 0.6 is 23.2 Å². The van der Waals surface area contributed by atoms with Crippen molar-refractivity contribution in [3.05, 3.63) is 29.0 Å². The Morgan fingerprint density at radius 1 is 1.55 bits per heavy atom. The molecule has 11 heavy (non-hydrogen) atoms. The molecule has 1 atom stereocenters. The van der Waals surface area contributed by atoms with Gasteiger partial charge in [-0.15, -0.1) is 11.6 Å². The number of hydrogen-bond donors (Lipinski definition) is 1. The molecule has 0 spiro atoms. The van der Waals surface area contributed by atoms with Gasteiger partial charge in [-0.05, 0) is 12.1 Å². The standard InChI is InChI=1S/C7H7Cl2NO/c8-5(4-11)6-2-1-3-7(9)10-6/h1-3,5,11H,4H2. The summed E-state index contributed by atoms with van der Waals surface area (Å²) in [5.74, 6) is 0. The average Bonchev–Trinajstić information content (AvgIpc) is 2.03. The van der Waals surface area contributed by atoms with E-state index in [-0.39, 0.29) is 6.61 Å². The van der Waals surface area contributed by atoms with E-state index in [1.165, 1.54) is 0 Å². The predicted molar refractivity (Wildman–Crippen MR) is 44.9 cm³/mol. The second-order valence-corrected chi connectivity index (χ2v) is 2.95. The van der Waals surface area contributed by atoms with Crippen LogP contribution in [0.25, 0.3) is 0 Å². The fourth-order valence-corrected chi connectivity index (χ4v) is 0.984. The van der Waals surface area contributed by atoms with Crippen LogP contribution in [0, 0.1) is 0 Å². The summed E-state index contributed by atoms with van der Waals surface area (Å²) in [6, 6.07) is 5.13. The minimum atomic E-state index is -0.464. The minimum Gasteiger partial charge on any atom is -0.394 e. The molecular weight excluding hydrogens is 185 g/mol. The molecule has 0 bridgehead atoms. The Morgan fingerprint density at radius 3 is 2.82 bits per heavy atom. The third-order valence-corrected chi connectivity index (χ3v) is 1.79. The van der Waals surface area contributed by atoms with Crippen molar-refractivity contribution in [2.45, 2.75) is 5.38 Å². The number of halogens is 2. The van der Waals surface area contributed by atoms with E-state index >= 15 is 0 Å². The van der Waals surface area contributed by atoms with Gasteiger partial charge < -0.3 is 5.11 Å². The van der Waals surface area contributed by atoms with E-state index in [9.17, 15) is 0 Å². The Bertz CT molecular complexity index is 242. The summed E-state index contributed by atoms with van der Waals surface area (Å²) in [7, 11) is 0. The largest absolute Gasteiger partial charge is 0.394 e. The predicted octanol–water partition coefficient (Wildman–Crippen LogP) is 2.01. The van der Waals surface area contributed by atoms with E-state index in [0.29, 0.717) is 10.8 Å². The molecule has 1 aromatic heterocycles. The second-order valence-electron chi connectivity index (χ2n) is 2.04. The maximum Gasteiger partial charge on any atom is 0.129 e. The highest BCUT2D eigenvalue weighted by Crippen LogP contribution is 2.18. The molecule has 0 aliphatic rings. The molecule has 1 aromatic rings. The molecule has 2 nitrogen and oxygen atoms in total. The number of aromatic nitrogens is 1. The quantitative estimate of drug-likeness (QED) is 0.574. The topological polar surface area (TPSA) is 33.1 Å². The molecule has 1 heterocycles.